The van der Waals surface area contributed by atoms with Gasteiger partial charge in [0.25, 0.3) is 5.56 Å². The highest BCUT2D eigenvalue weighted by Crippen LogP contribution is 2.28. The highest BCUT2D eigenvalue weighted by Gasteiger charge is 2.17. The Hall–Kier alpha value is -2.37. The van der Waals surface area contributed by atoms with E-state index >= 15 is 0 Å². The van der Waals surface area contributed by atoms with E-state index < -0.39 is 0 Å². The summed E-state index contributed by atoms with van der Waals surface area (Å²) in [4.78, 5) is 17.2. The van der Waals surface area contributed by atoms with E-state index in [-0.39, 0.29) is 5.56 Å². The molecule has 0 fully saturated rings. The molecule has 0 saturated carbocycles. The Morgan fingerprint density at radius 3 is 2.75 bits per heavy atom. The van der Waals surface area contributed by atoms with Gasteiger partial charge in [-0.1, -0.05) is 29.3 Å². The number of pyridine rings is 2. The van der Waals surface area contributed by atoms with Gasteiger partial charge in [-0.2, -0.15) is 5.10 Å². The van der Waals surface area contributed by atoms with Gasteiger partial charge in [0, 0.05) is 34.7 Å². The summed E-state index contributed by atoms with van der Waals surface area (Å²) in [6, 6.07) is 7.09. The number of fused-ring (bicyclic) bond motifs is 3. The number of hydrogen-bond donors (Lipinski definition) is 0. The van der Waals surface area contributed by atoms with Crippen LogP contribution in [0.25, 0.3) is 27.5 Å². The zero-order valence-corrected chi connectivity index (χ0v) is 14.2. The van der Waals surface area contributed by atoms with Gasteiger partial charge in [0.05, 0.1) is 22.4 Å². The van der Waals surface area contributed by atoms with E-state index in [0.717, 1.165) is 10.8 Å². The van der Waals surface area contributed by atoms with E-state index in [1.165, 1.54) is 4.57 Å². The molecule has 0 radical (unpaired) electrons. The van der Waals surface area contributed by atoms with Crippen molar-refractivity contribution in [3.05, 3.63) is 63.3 Å². The molecule has 0 spiro atoms. The topological polar surface area (TPSA) is 52.7 Å². The molecule has 5 nitrogen and oxygen atoms in total. The first-order valence-corrected chi connectivity index (χ1v) is 8.17. The van der Waals surface area contributed by atoms with Crippen LogP contribution in [0.15, 0.2) is 47.7 Å². The maximum atomic E-state index is 13.1. The summed E-state index contributed by atoms with van der Waals surface area (Å²) in [5.74, 6) is 0. The van der Waals surface area contributed by atoms with Gasteiger partial charge in [-0.3, -0.25) is 19.0 Å². The lowest BCUT2D eigenvalue weighted by molar-refractivity contribution is 0.667. The molecule has 0 aliphatic rings. The second kappa shape index (κ2) is 5.61. The quantitative estimate of drug-likeness (QED) is 0.542. The third-order valence-corrected chi connectivity index (χ3v) is 4.53. The van der Waals surface area contributed by atoms with E-state index in [2.05, 4.69) is 10.1 Å². The molecule has 0 amide bonds. The average molecular weight is 359 g/mol. The van der Waals surface area contributed by atoms with Crippen LogP contribution >= 0.6 is 23.2 Å². The molecule has 0 N–H and O–H groups in total. The van der Waals surface area contributed by atoms with Gasteiger partial charge in [-0.15, -0.1) is 0 Å². The van der Waals surface area contributed by atoms with E-state index in [1.807, 2.05) is 19.2 Å². The fourth-order valence-corrected chi connectivity index (χ4v) is 3.20. The van der Waals surface area contributed by atoms with Gasteiger partial charge in [-0.05, 0) is 25.1 Å². The predicted octanol–water partition coefficient (Wildman–Crippen LogP) is 4.06. The second-order valence-corrected chi connectivity index (χ2v) is 6.22. The van der Waals surface area contributed by atoms with Crippen LogP contribution in [0.1, 0.15) is 6.92 Å². The van der Waals surface area contributed by atoms with Gasteiger partial charge in [-0.25, -0.2) is 0 Å². The summed E-state index contributed by atoms with van der Waals surface area (Å²) in [5, 5.41) is 7.06. The molecular weight excluding hydrogens is 347 g/mol. The minimum Gasteiger partial charge on any atom is -0.272 e. The molecule has 0 aliphatic heterocycles. The number of aromatic nitrogens is 4. The Balaban J connectivity index is 2.26. The van der Waals surface area contributed by atoms with E-state index in [0.29, 0.717) is 33.3 Å². The third-order valence-electron chi connectivity index (χ3n) is 3.97. The average Bonchev–Trinajstić information content (AvgIpc) is 3.01. The summed E-state index contributed by atoms with van der Waals surface area (Å²) in [6.45, 7) is 2.65. The summed E-state index contributed by atoms with van der Waals surface area (Å²) in [5.41, 5.74) is 1.32. The van der Waals surface area contributed by atoms with Crippen LogP contribution in [0.2, 0.25) is 10.0 Å². The van der Waals surface area contributed by atoms with Crippen LogP contribution in [-0.4, -0.2) is 19.3 Å². The van der Waals surface area contributed by atoms with Crippen LogP contribution < -0.4 is 5.56 Å². The summed E-state index contributed by atoms with van der Waals surface area (Å²) < 4.78 is 3.27. The molecule has 1 aromatic carbocycles. The van der Waals surface area contributed by atoms with Gasteiger partial charge >= 0.3 is 0 Å². The van der Waals surface area contributed by atoms with Crippen molar-refractivity contribution in [3.63, 3.8) is 0 Å². The van der Waals surface area contributed by atoms with Crippen molar-refractivity contribution in [3.8, 4) is 5.69 Å². The maximum Gasteiger partial charge on any atom is 0.284 e. The number of hydrogen-bond acceptors (Lipinski definition) is 3. The molecule has 0 bridgehead atoms. The minimum absolute atomic E-state index is 0.248. The maximum absolute atomic E-state index is 13.1. The molecule has 7 heteroatoms. The van der Waals surface area contributed by atoms with Gasteiger partial charge in [0.15, 0.2) is 5.52 Å². The van der Waals surface area contributed by atoms with E-state index in [4.69, 9.17) is 23.2 Å². The number of nitrogens with zero attached hydrogens (tertiary/aromatic N) is 4. The zero-order valence-electron chi connectivity index (χ0n) is 12.7. The molecule has 4 aromatic rings. The normalized spacial score (nSPS) is 11.5. The molecule has 120 valence electrons. The number of aryl methyl sites for hydroxylation is 1. The number of benzene rings is 1. The largest absolute Gasteiger partial charge is 0.284 e. The van der Waals surface area contributed by atoms with Crippen molar-refractivity contribution in [2.75, 3.05) is 0 Å². The summed E-state index contributed by atoms with van der Waals surface area (Å²) in [6.07, 6.45) is 5.02. The lowest BCUT2D eigenvalue weighted by Crippen LogP contribution is -2.20. The number of halogens is 2. The van der Waals surface area contributed by atoms with Gasteiger partial charge in [0.2, 0.25) is 0 Å². The minimum atomic E-state index is -0.248. The van der Waals surface area contributed by atoms with E-state index in [9.17, 15) is 4.79 Å². The Bertz CT molecular complexity index is 1150. The molecule has 24 heavy (non-hydrogen) atoms. The Morgan fingerprint density at radius 2 is 2.00 bits per heavy atom. The van der Waals surface area contributed by atoms with Crippen molar-refractivity contribution in [1.82, 2.24) is 19.3 Å². The van der Waals surface area contributed by atoms with Crippen molar-refractivity contribution < 1.29 is 0 Å². The first-order valence-electron chi connectivity index (χ1n) is 7.41. The van der Waals surface area contributed by atoms with Crippen LogP contribution in [0, 0.1) is 0 Å². The Kier molecular flexibility index (Phi) is 3.55. The van der Waals surface area contributed by atoms with Crippen molar-refractivity contribution in [2.45, 2.75) is 13.5 Å². The molecule has 0 unspecified atom stereocenters. The van der Waals surface area contributed by atoms with Crippen molar-refractivity contribution in [1.29, 1.82) is 0 Å². The molecule has 4 rings (SSSR count). The Morgan fingerprint density at radius 1 is 1.17 bits per heavy atom. The van der Waals surface area contributed by atoms with Crippen LogP contribution in [-0.2, 0) is 6.54 Å². The zero-order chi connectivity index (χ0) is 16.8. The van der Waals surface area contributed by atoms with E-state index in [1.54, 1.807) is 35.3 Å². The molecule has 0 atom stereocenters. The van der Waals surface area contributed by atoms with Crippen molar-refractivity contribution in [2.24, 2.45) is 0 Å². The van der Waals surface area contributed by atoms with Crippen LogP contribution in [0.4, 0.5) is 0 Å². The fraction of sp³-hybridized carbons (Fsp3) is 0.118. The first kappa shape index (κ1) is 15.2. The predicted molar refractivity (Wildman–Crippen MR) is 96.3 cm³/mol. The first-order chi connectivity index (χ1) is 11.6. The van der Waals surface area contributed by atoms with Gasteiger partial charge < -0.3 is 0 Å². The fourth-order valence-electron chi connectivity index (χ4n) is 2.84. The SMILES string of the molecule is CCn1cc2c(n1)c(=O)n(-c1cnccc1Cl)c1cc(Cl)ccc21. The lowest BCUT2D eigenvalue weighted by atomic mass is 10.1. The smallest absolute Gasteiger partial charge is 0.272 e. The molecule has 0 aliphatic carbocycles. The monoisotopic (exact) mass is 358 g/mol. The second-order valence-electron chi connectivity index (χ2n) is 5.38. The summed E-state index contributed by atoms with van der Waals surface area (Å²) in [7, 11) is 0. The molecule has 0 saturated heterocycles. The standard InChI is InChI=1S/C17H12Cl2N4O/c1-2-22-9-12-11-4-3-10(18)7-14(11)23(17(24)16(12)21-22)15-8-20-6-5-13(15)19/h3-9H,2H2,1H3. The lowest BCUT2D eigenvalue weighted by Gasteiger charge is -2.12. The van der Waals surface area contributed by atoms with Crippen LogP contribution in [0.5, 0.6) is 0 Å². The highest BCUT2D eigenvalue weighted by atomic mass is 35.5. The molecule has 3 aromatic heterocycles. The highest BCUT2D eigenvalue weighted by molar-refractivity contribution is 6.32. The molecular formula is C17H12Cl2N4O. The van der Waals surface area contributed by atoms with Gasteiger partial charge in [0.1, 0.15) is 0 Å². The molecule has 3 heterocycles. The number of rotatable bonds is 2. The Labute approximate surface area is 147 Å². The van der Waals surface area contributed by atoms with Crippen LogP contribution in [0.3, 0.4) is 0 Å². The summed E-state index contributed by atoms with van der Waals surface area (Å²) >= 11 is 12.5. The third kappa shape index (κ3) is 2.20. The van der Waals surface area contributed by atoms with Crippen molar-refractivity contribution >= 4 is 45.0 Å².